The monoisotopic (exact) mass is 350 g/mol. The van der Waals surface area contributed by atoms with E-state index in [4.69, 9.17) is 4.74 Å². The van der Waals surface area contributed by atoms with Gasteiger partial charge in [0.05, 0.1) is 5.60 Å². The van der Waals surface area contributed by atoms with E-state index in [0.717, 1.165) is 24.8 Å². The van der Waals surface area contributed by atoms with Crippen LogP contribution in [0.1, 0.15) is 52.3 Å². The van der Waals surface area contributed by atoms with Crippen molar-refractivity contribution in [3.63, 3.8) is 0 Å². The Morgan fingerprint density at radius 3 is 2.56 bits per heavy atom. The fourth-order valence-electron chi connectivity index (χ4n) is 4.53. The molecule has 2 aliphatic rings. The van der Waals surface area contributed by atoms with E-state index in [9.17, 15) is 4.79 Å². The molecule has 3 rings (SSSR count). The second-order valence-electron chi connectivity index (χ2n) is 8.48. The first kappa shape index (κ1) is 18.6. The number of ether oxygens (including phenoxy) is 1. The van der Waals surface area contributed by atoms with Crippen LogP contribution in [0.5, 0.6) is 0 Å². The molecule has 0 N–H and O–H groups in total. The molecular formula is C19H34N4O2. The highest BCUT2D eigenvalue weighted by Crippen LogP contribution is 2.30. The van der Waals surface area contributed by atoms with E-state index in [0.29, 0.717) is 12.5 Å². The van der Waals surface area contributed by atoms with E-state index in [1.165, 1.54) is 50.0 Å². The zero-order valence-electron chi connectivity index (χ0n) is 16.3. The lowest BCUT2D eigenvalue weighted by atomic mass is 9.87. The van der Waals surface area contributed by atoms with Gasteiger partial charge >= 0.3 is 5.69 Å². The maximum absolute atomic E-state index is 12.0. The van der Waals surface area contributed by atoms with Crippen molar-refractivity contribution in [3.05, 3.63) is 16.3 Å². The van der Waals surface area contributed by atoms with Crippen molar-refractivity contribution in [2.24, 2.45) is 18.9 Å². The second-order valence-corrected chi connectivity index (χ2v) is 8.48. The topological polar surface area (TPSA) is 52.3 Å². The average molecular weight is 351 g/mol. The van der Waals surface area contributed by atoms with Gasteiger partial charge in [0.1, 0.15) is 5.82 Å². The molecule has 0 bridgehead atoms. The van der Waals surface area contributed by atoms with E-state index in [1.54, 1.807) is 7.05 Å². The zero-order valence-corrected chi connectivity index (χ0v) is 16.3. The molecule has 0 saturated carbocycles. The van der Waals surface area contributed by atoms with Crippen molar-refractivity contribution in [3.8, 4) is 0 Å². The molecule has 142 valence electrons. The van der Waals surface area contributed by atoms with Crippen molar-refractivity contribution in [1.29, 1.82) is 0 Å². The highest BCUT2D eigenvalue weighted by atomic mass is 16.5. The lowest BCUT2D eigenvalue weighted by Gasteiger charge is -2.39. The van der Waals surface area contributed by atoms with Crippen LogP contribution in [-0.4, -0.2) is 51.1 Å². The lowest BCUT2D eigenvalue weighted by molar-refractivity contribution is -0.0777. The number of hydrogen-bond acceptors (Lipinski definition) is 4. The summed E-state index contributed by atoms with van der Waals surface area (Å²) in [4.78, 5) is 14.7. The molecular weight excluding hydrogens is 316 g/mol. The SMILES string of the molecule is CCn1c(CC2CCN(C[C@H]3CCOC(C)(C)C3)CC2)nn(C)c1=O. The Hall–Kier alpha value is -1.14. The van der Waals surface area contributed by atoms with Crippen LogP contribution in [0.3, 0.4) is 0 Å². The maximum atomic E-state index is 12.0. The molecule has 3 heterocycles. The number of likely N-dealkylation sites (tertiary alicyclic amines) is 1. The van der Waals surface area contributed by atoms with Gasteiger partial charge in [-0.05, 0) is 71.4 Å². The van der Waals surface area contributed by atoms with E-state index >= 15 is 0 Å². The van der Waals surface area contributed by atoms with Gasteiger partial charge < -0.3 is 9.64 Å². The van der Waals surface area contributed by atoms with Gasteiger partial charge in [-0.3, -0.25) is 4.57 Å². The molecule has 6 heteroatoms. The first-order chi connectivity index (χ1) is 11.9. The fraction of sp³-hybridized carbons (Fsp3) is 0.895. The molecule has 1 aromatic rings. The van der Waals surface area contributed by atoms with E-state index in [1.807, 2.05) is 11.5 Å². The summed E-state index contributed by atoms with van der Waals surface area (Å²) in [5, 5.41) is 4.44. The molecule has 25 heavy (non-hydrogen) atoms. The highest BCUT2D eigenvalue weighted by Gasteiger charge is 2.31. The Bertz CT molecular complexity index is 626. The molecule has 0 spiro atoms. The fourth-order valence-corrected chi connectivity index (χ4v) is 4.53. The summed E-state index contributed by atoms with van der Waals surface area (Å²) in [7, 11) is 1.75. The number of hydrogen-bond donors (Lipinski definition) is 0. The van der Waals surface area contributed by atoms with Gasteiger partial charge in [0, 0.05) is 33.2 Å². The molecule has 0 aromatic carbocycles. The first-order valence-electron chi connectivity index (χ1n) is 9.87. The van der Waals surface area contributed by atoms with Gasteiger partial charge in [-0.1, -0.05) is 0 Å². The minimum Gasteiger partial charge on any atom is -0.376 e. The Balaban J connectivity index is 1.49. The summed E-state index contributed by atoms with van der Waals surface area (Å²) in [6.07, 6.45) is 5.72. The van der Waals surface area contributed by atoms with Crippen LogP contribution in [0.15, 0.2) is 4.79 Å². The largest absolute Gasteiger partial charge is 0.376 e. The third kappa shape index (κ3) is 4.53. The standard InChI is InChI=1S/C19H34N4O2/c1-5-23-17(20-21(4)18(23)24)12-15-6-9-22(10-7-15)14-16-8-11-25-19(2,3)13-16/h15-16H,5-14H2,1-4H3/t16-/m0/s1. The first-order valence-corrected chi connectivity index (χ1v) is 9.87. The van der Waals surface area contributed by atoms with Crippen LogP contribution in [-0.2, 0) is 24.8 Å². The molecule has 6 nitrogen and oxygen atoms in total. The van der Waals surface area contributed by atoms with Crippen molar-refractivity contribution in [1.82, 2.24) is 19.2 Å². The molecule has 2 fully saturated rings. The average Bonchev–Trinajstić information content (AvgIpc) is 2.82. The molecule has 2 saturated heterocycles. The smallest absolute Gasteiger partial charge is 0.345 e. The minimum atomic E-state index is 0.0112. The second kappa shape index (κ2) is 7.62. The Morgan fingerprint density at radius 2 is 1.92 bits per heavy atom. The highest BCUT2D eigenvalue weighted by molar-refractivity contribution is 4.91. The predicted octanol–water partition coefficient (Wildman–Crippen LogP) is 2.06. The van der Waals surface area contributed by atoms with Gasteiger partial charge in [-0.15, -0.1) is 0 Å². The van der Waals surface area contributed by atoms with Crippen LogP contribution in [0.2, 0.25) is 0 Å². The van der Waals surface area contributed by atoms with Gasteiger partial charge in [0.2, 0.25) is 0 Å². The summed E-state index contributed by atoms with van der Waals surface area (Å²) in [6, 6.07) is 0. The van der Waals surface area contributed by atoms with Crippen LogP contribution >= 0.6 is 0 Å². The maximum Gasteiger partial charge on any atom is 0.345 e. The number of nitrogens with zero attached hydrogens (tertiary/aromatic N) is 4. The van der Waals surface area contributed by atoms with Crippen molar-refractivity contribution in [2.75, 3.05) is 26.2 Å². The van der Waals surface area contributed by atoms with Crippen LogP contribution in [0.4, 0.5) is 0 Å². The Morgan fingerprint density at radius 1 is 1.20 bits per heavy atom. The summed E-state index contributed by atoms with van der Waals surface area (Å²) in [5.41, 5.74) is 0.0568. The summed E-state index contributed by atoms with van der Waals surface area (Å²) < 4.78 is 9.14. The van der Waals surface area contributed by atoms with Crippen LogP contribution < -0.4 is 5.69 Å². The quantitative estimate of drug-likeness (QED) is 0.816. The summed E-state index contributed by atoms with van der Waals surface area (Å²) in [6.45, 7) is 11.6. The number of aryl methyl sites for hydroxylation is 1. The summed E-state index contributed by atoms with van der Waals surface area (Å²) >= 11 is 0. The number of piperidine rings is 1. The van der Waals surface area contributed by atoms with Gasteiger partial charge in [-0.25, -0.2) is 9.48 Å². The molecule has 0 aliphatic carbocycles. The van der Waals surface area contributed by atoms with Crippen molar-refractivity contribution < 1.29 is 4.74 Å². The number of aromatic nitrogens is 3. The van der Waals surface area contributed by atoms with E-state index < -0.39 is 0 Å². The van der Waals surface area contributed by atoms with Crippen molar-refractivity contribution in [2.45, 2.75) is 65.0 Å². The molecule has 0 radical (unpaired) electrons. The molecule has 0 unspecified atom stereocenters. The number of rotatable bonds is 5. The Kier molecular flexibility index (Phi) is 5.68. The minimum absolute atomic E-state index is 0.0112. The predicted molar refractivity (Wildman–Crippen MR) is 98.8 cm³/mol. The van der Waals surface area contributed by atoms with Gasteiger partial charge in [0.15, 0.2) is 0 Å². The van der Waals surface area contributed by atoms with Gasteiger partial charge in [-0.2, -0.15) is 5.10 Å². The third-order valence-corrected chi connectivity index (χ3v) is 5.89. The third-order valence-electron chi connectivity index (χ3n) is 5.89. The van der Waals surface area contributed by atoms with Crippen LogP contribution in [0.25, 0.3) is 0 Å². The molecule has 2 aliphatic heterocycles. The zero-order chi connectivity index (χ0) is 18.0. The summed E-state index contributed by atoms with van der Waals surface area (Å²) in [5.74, 6) is 2.37. The normalized spacial score (nSPS) is 25.4. The van der Waals surface area contributed by atoms with Crippen molar-refractivity contribution >= 4 is 0 Å². The van der Waals surface area contributed by atoms with Gasteiger partial charge in [0.25, 0.3) is 0 Å². The molecule has 1 atom stereocenters. The van der Waals surface area contributed by atoms with E-state index in [-0.39, 0.29) is 11.3 Å². The van der Waals surface area contributed by atoms with E-state index in [2.05, 4.69) is 23.8 Å². The lowest BCUT2D eigenvalue weighted by Crippen LogP contribution is -2.42. The van der Waals surface area contributed by atoms with Crippen LogP contribution in [0, 0.1) is 11.8 Å². The molecule has 0 amide bonds. The molecule has 1 aromatic heterocycles. The Labute approximate surface area is 151 Å².